The predicted octanol–water partition coefficient (Wildman–Crippen LogP) is 2.67. The molecule has 0 spiro atoms. The number of H-pyrrole nitrogens is 2. The molecule has 1 atom stereocenters. The van der Waals surface area contributed by atoms with Gasteiger partial charge in [0.15, 0.2) is 11.9 Å². The lowest BCUT2D eigenvalue weighted by Gasteiger charge is -2.29. The summed E-state index contributed by atoms with van der Waals surface area (Å²) in [5, 5.41) is 26.5. The average Bonchev–Trinajstić information content (AvgIpc) is 3.52. The number of imidazole rings is 1. The van der Waals surface area contributed by atoms with Crippen LogP contribution in [0.3, 0.4) is 0 Å². The van der Waals surface area contributed by atoms with Crippen molar-refractivity contribution in [3.63, 3.8) is 0 Å². The monoisotopic (exact) mass is 418 g/mol. The molecule has 6 rings (SSSR count). The first kappa shape index (κ1) is 17.4. The van der Waals surface area contributed by atoms with Gasteiger partial charge in [-0.1, -0.05) is 12.1 Å². The summed E-state index contributed by atoms with van der Waals surface area (Å²) in [7, 11) is 1.94. The Kier molecular flexibility index (Phi) is 3.77. The molecule has 1 aliphatic rings. The molecule has 150 valence electrons. The highest BCUT2D eigenvalue weighted by Gasteiger charge is 2.30. The van der Waals surface area contributed by atoms with E-state index in [9.17, 15) is 5.11 Å². The number of nitrogens with zero attached hydrogens (tertiary/aromatic N) is 6. The van der Waals surface area contributed by atoms with Gasteiger partial charge >= 0.3 is 0 Å². The van der Waals surface area contributed by atoms with Crippen molar-refractivity contribution < 1.29 is 5.11 Å². The third-order valence-corrected chi connectivity index (χ3v) is 6.60. The Morgan fingerprint density at radius 3 is 3.07 bits per heavy atom. The SMILES string of the molecule is Cn1c2c(c3sc(Cc4cnc[nH]4)nc31)C=NN(Cc1cccc3[nH]ncc13)C2O. The van der Waals surface area contributed by atoms with Crippen molar-refractivity contribution in [1.82, 2.24) is 34.7 Å². The van der Waals surface area contributed by atoms with Gasteiger partial charge in [-0.05, 0) is 11.6 Å². The minimum atomic E-state index is -0.852. The van der Waals surface area contributed by atoms with Gasteiger partial charge in [0.25, 0.3) is 0 Å². The van der Waals surface area contributed by atoms with Crippen molar-refractivity contribution in [2.45, 2.75) is 19.2 Å². The van der Waals surface area contributed by atoms with E-state index in [0.29, 0.717) is 13.0 Å². The van der Waals surface area contributed by atoms with Crippen LogP contribution < -0.4 is 0 Å². The molecule has 0 saturated heterocycles. The van der Waals surface area contributed by atoms with Gasteiger partial charge in [0.2, 0.25) is 0 Å². The Morgan fingerprint density at radius 2 is 2.20 bits per heavy atom. The van der Waals surface area contributed by atoms with Crippen LogP contribution in [-0.2, 0) is 20.0 Å². The van der Waals surface area contributed by atoms with E-state index in [4.69, 9.17) is 4.98 Å². The molecule has 0 amide bonds. The third-order valence-electron chi connectivity index (χ3n) is 5.52. The van der Waals surface area contributed by atoms with Crippen molar-refractivity contribution in [3.05, 3.63) is 64.4 Å². The van der Waals surface area contributed by atoms with E-state index in [1.165, 1.54) is 0 Å². The first-order chi connectivity index (χ1) is 14.7. The minimum absolute atomic E-state index is 0.477. The summed E-state index contributed by atoms with van der Waals surface area (Å²) in [5.74, 6) is 0. The lowest BCUT2D eigenvalue weighted by Crippen LogP contribution is -2.29. The summed E-state index contributed by atoms with van der Waals surface area (Å²) in [6.07, 6.45) is 6.97. The molecule has 1 aliphatic heterocycles. The van der Waals surface area contributed by atoms with E-state index >= 15 is 0 Å². The standard InChI is InChI=1S/C20H18N8OS/c1-27-17-14(18-19(27)25-16(30-18)5-12-6-21-10-22-12)8-24-28(20(17)29)9-11-3-2-4-15-13(11)7-23-26-15/h2-4,6-8,10,20,29H,5,9H2,1H3,(H,21,22)(H,23,26). The number of hydrogen-bond donors (Lipinski definition) is 3. The van der Waals surface area contributed by atoms with Crippen molar-refractivity contribution in [2.24, 2.45) is 12.1 Å². The number of aryl methyl sites for hydroxylation is 1. The fourth-order valence-corrected chi connectivity index (χ4v) is 5.17. The quantitative estimate of drug-likeness (QED) is 0.416. The molecule has 1 aromatic carbocycles. The van der Waals surface area contributed by atoms with Gasteiger partial charge in [-0.15, -0.1) is 11.3 Å². The van der Waals surface area contributed by atoms with Crippen LogP contribution in [0.2, 0.25) is 0 Å². The number of aromatic amines is 2. The Labute approximate surface area is 174 Å². The maximum Gasteiger partial charge on any atom is 0.184 e. The second-order valence-corrected chi connectivity index (χ2v) is 8.42. The predicted molar refractivity (Wildman–Crippen MR) is 114 cm³/mol. The molecule has 0 radical (unpaired) electrons. The zero-order chi connectivity index (χ0) is 20.2. The number of nitrogens with one attached hydrogen (secondary N) is 2. The number of hydrogen-bond acceptors (Lipinski definition) is 7. The van der Waals surface area contributed by atoms with E-state index in [0.717, 1.165) is 48.8 Å². The Balaban J connectivity index is 1.35. The molecule has 0 fully saturated rings. The van der Waals surface area contributed by atoms with Crippen molar-refractivity contribution in [3.8, 4) is 0 Å². The number of benzene rings is 1. The fourth-order valence-electron chi connectivity index (χ4n) is 4.03. The van der Waals surface area contributed by atoms with Crippen LogP contribution in [0.15, 0.2) is 42.0 Å². The molecule has 3 N–H and O–H groups in total. The lowest BCUT2D eigenvalue weighted by molar-refractivity contribution is -0.00972. The molecule has 1 unspecified atom stereocenters. The maximum absolute atomic E-state index is 11.1. The van der Waals surface area contributed by atoms with Crippen LogP contribution in [0.4, 0.5) is 0 Å². The summed E-state index contributed by atoms with van der Waals surface area (Å²) in [4.78, 5) is 12.0. The molecule has 4 aromatic heterocycles. The smallest absolute Gasteiger partial charge is 0.184 e. The van der Waals surface area contributed by atoms with E-state index in [2.05, 4.69) is 25.3 Å². The number of hydrazone groups is 1. The number of thiazole rings is 1. The van der Waals surface area contributed by atoms with E-state index in [1.807, 2.05) is 42.2 Å². The van der Waals surface area contributed by atoms with E-state index in [1.54, 1.807) is 28.9 Å². The summed E-state index contributed by atoms with van der Waals surface area (Å²) < 4.78 is 3.01. The van der Waals surface area contributed by atoms with Crippen LogP contribution in [0.5, 0.6) is 0 Å². The highest BCUT2D eigenvalue weighted by molar-refractivity contribution is 7.19. The molecule has 5 heterocycles. The second-order valence-electron chi connectivity index (χ2n) is 7.34. The zero-order valence-electron chi connectivity index (χ0n) is 16.1. The average molecular weight is 418 g/mol. The molecule has 9 nitrogen and oxygen atoms in total. The third kappa shape index (κ3) is 2.57. The van der Waals surface area contributed by atoms with Crippen molar-refractivity contribution >= 4 is 38.8 Å². The van der Waals surface area contributed by atoms with Gasteiger partial charge in [0.1, 0.15) is 5.01 Å². The molecule has 30 heavy (non-hydrogen) atoms. The highest BCUT2D eigenvalue weighted by Crippen LogP contribution is 2.37. The molecule has 0 bridgehead atoms. The molecule has 10 heteroatoms. The molecule has 0 saturated carbocycles. The van der Waals surface area contributed by atoms with Gasteiger partial charge in [-0.3, -0.25) is 10.1 Å². The number of fused-ring (bicyclic) bond motifs is 4. The van der Waals surface area contributed by atoms with E-state index < -0.39 is 6.23 Å². The number of aromatic nitrogens is 6. The highest BCUT2D eigenvalue weighted by atomic mass is 32.1. The Morgan fingerprint density at radius 1 is 1.27 bits per heavy atom. The van der Waals surface area contributed by atoms with Crippen LogP contribution in [-0.4, -0.2) is 46.0 Å². The summed E-state index contributed by atoms with van der Waals surface area (Å²) in [5.41, 5.74) is 5.66. The lowest BCUT2D eigenvalue weighted by atomic mass is 10.1. The largest absolute Gasteiger partial charge is 0.367 e. The van der Waals surface area contributed by atoms with Gasteiger partial charge in [-0.2, -0.15) is 10.2 Å². The fraction of sp³-hybridized carbons (Fsp3) is 0.200. The summed E-state index contributed by atoms with van der Waals surface area (Å²) in [6.45, 7) is 0.477. The van der Waals surface area contributed by atoms with Gasteiger partial charge < -0.3 is 14.7 Å². The number of aliphatic hydroxyl groups is 1. The Bertz CT molecular complexity index is 1390. The van der Waals surface area contributed by atoms with Crippen LogP contribution in [0.25, 0.3) is 21.3 Å². The first-order valence-corrected chi connectivity index (χ1v) is 10.4. The van der Waals surface area contributed by atoms with Crippen molar-refractivity contribution in [1.29, 1.82) is 0 Å². The molecular weight excluding hydrogens is 400 g/mol. The van der Waals surface area contributed by atoms with Gasteiger partial charge in [0, 0.05) is 36.3 Å². The minimum Gasteiger partial charge on any atom is -0.367 e. The maximum atomic E-state index is 11.1. The number of rotatable bonds is 4. The molecule has 0 aliphatic carbocycles. The van der Waals surface area contributed by atoms with Crippen LogP contribution in [0, 0.1) is 0 Å². The van der Waals surface area contributed by atoms with E-state index in [-0.39, 0.29) is 0 Å². The Hall–Kier alpha value is -3.50. The van der Waals surface area contributed by atoms with Crippen LogP contribution >= 0.6 is 11.3 Å². The van der Waals surface area contributed by atoms with Crippen LogP contribution in [0.1, 0.15) is 33.8 Å². The zero-order valence-corrected chi connectivity index (χ0v) is 16.9. The number of aliphatic hydroxyl groups excluding tert-OH is 1. The van der Waals surface area contributed by atoms with Gasteiger partial charge in [-0.25, -0.2) is 9.97 Å². The topological polar surface area (TPSA) is 111 Å². The van der Waals surface area contributed by atoms with Crippen molar-refractivity contribution in [2.75, 3.05) is 0 Å². The molecular formula is C20H18N8OS. The first-order valence-electron chi connectivity index (χ1n) is 9.54. The van der Waals surface area contributed by atoms with Gasteiger partial charge in [0.05, 0.1) is 41.2 Å². The summed E-state index contributed by atoms with van der Waals surface area (Å²) >= 11 is 1.63. The second kappa shape index (κ2) is 6.51. The summed E-state index contributed by atoms with van der Waals surface area (Å²) in [6, 6.07) is 5.99. The molecule has 5 aromatic rings. The normalized spacial score (nSPS) is 16.1.